The Balaban J connectivity index is 3.14. The summed E-state index contributed by atoms with van der Waals surface area (Å²) in [5.41, 5.74) is 2.00. The first-order valence-electron chi connectivity index (χ1n) is 6.22. The van der Waals surface area contributed by atoms with E-state index in [0.29, 0.717) is 0 Å². The number of hydrogen-bond donors (Lipinski definition) is 1. The highest BCUT2D eigenvalue weighted by atomic mass is 35.5. The average molecular weight is 369 g/mol. The Bertz CT molecular complexity index is 649. The maximum atomic E-state index is 12.4. The van der Waals surface area contributed by atoms with Gasteiger partial charge in [0.05, 0.1) is 12.1 Å². The van der Waals surface area contributed by atoms with E-state index >= 15 is 0 Å². The Kier molecular flexibility index (Phi) is 6.83. The van der Waals surface area contributed by atoms with Gasteiger partial charge in [-0.05, 0) is 12.1 Å². The highest BCUT2D eigenvalue weighted by molar-refractivity contribution is 6.32. The topological polar surface area (TPSA) is 86.2 Å². The minimum absolute atomic E-state index is 0.0562. The molecule has 0 saturated heterocycles. The van der Waals surface area contributed by atoms with Gasteiger partial charge in [-0.3, -0.25) is 4.79 Å². The fourth-order valence-electron chi connectivity index (χ4n) is 1.39. The van der Waals surface area contributed by atoms with Crippen LogP contribution in [0.3, 0.4) is 0 Å². The molecule has 7 nitrogen and oxygen atoms in total. The quantitative estimate of drug-likeness (QED) is 0.490. The minimum Gasteiger partial charge on any atom is -0.459 e. The zero-order valence-corrected chi connectivity index (χ0v) is 13.2. The Hall–Kier alpha value is -2.49. The summed E-state index contributed by atoms with van der Waals surface area (Å²) in [6.07, 6.45) is -5.87. The largest absolute Gasteiger partial charge is 0.573 e. The molecule has 1 N–H and O–H groups in total. The Morgan fingerprint density at radius 1 is 1.33 bits per heavy atom. The van der Waals surface area contributed by atoms with Gasteiger partial charge in [0.1, 0.15) is 18.1 Å². The molecule has 0 radical (unpaired) electrons. The molecule has 0 atom stereocenters. The standard InChI is InChI=1S/C13H12ClF3N2O5/c1-7(20)23-6-10(18-19-12(21)22-2)8-3-4-9(14)11(5-8)24-13(15,16)17/h3-5H,6H2,1-2H3,(H,19,21)/b18-10-. The van der Waals surface area contributed by atoms with E-state index in [1.165, 1.54) is 6.07 Å². The van der Waals surface area contributed by atoms with Crippen molar-refractivity contribution < 1.29 is 37.0 Å². The van der Waals surface area contributed by atoms with E-state index in [0.717, 1.165) is 26.2 Å². The number of esters is 1. The fraction of sp³-hybridized carbons (Fsp3) is 0.308. The smallest absolute Gasteiger partial charge is 0.459 e. The van der Waals surface area contributed by atoms with Crippen molar-refractivity contribution in [1.82, 2.24) is 5.43 Å². The zero-order chi connectivity index (χ0) is 18.3. The third-order valence-corrected chi connectivity index (χ3v) is 2.68. The number of hydrogen-bond acceptors (Lipinski definition) is 6. The molecular formula is C13H12ClF3N2O5. The van der Waals surface area contributed by atoms with Crippen LogP contribution in [0, 0.1) is 0 Å². The maximum absolute atomic E-state index is 12.4. The molecule has 1 rings (SSSR count). The first kappa shape index (κ1) is 19.6. The Morgan fingerprint density at radius 3 is 2.54 bits per heavy atom. The molecule has 0 spiro atoms. The second kappa shape index (κ2) is 8.39. The number of nitrogens with zero attached hydrogens (tertiary/aromatic N) is 1. The highest BCUT2D eigenvalue weighted by Gasteiger charge is 2.32. The van der Waals surface area contributed by atoms with Gasteiger partial charge in [-0.1, -0.05) is 17.7 Å². The lowest BCUT2D eigenvalue weighted by Crippen LogP contribution is -2.23. The molecule has 0 unspecified atom stereocenters. The van der Waals surface area contributed by atoms with Crippen molar-refractivity contribution in [2.75, 3.05) is 13.7 Å². The van der Waals surface area contributed by atoms with Gasteiger partial charge in [0.2, 0.25) is 0 Å². The van der Waals surface area contributed by atoms with Crippen molar-refractivity contribution in [1.29, 1.82) is 0 Å². The molecular weight excluding hydrogens is 357 g/mol. The highest BCUT2D eigenvalue weighted by Crippen LogP contribution is 2.31. The molecule has 0 aromatic heterocycles. The van der Waals surface area contributed by atoms with Gasteiger partial charge in [-0.2, -0.15) is 5.10 Å². The second-order valence-corrected chi connectivity index (χ2v) is 4.54. The number of carbonyl (C=O) groups excluding carboxylic acids is 2. The van der Waals surface area contributed by atoms with E-state index in [2.05, 4.69) is 14.6 Å². The van der Waals surface area contributed by atoms with Crippen LogP contribution in [0.4, 0.5) is 18.0 Å². The van der Waals surface area contributed by atoms with Gasteiger partial charge in [-0.15, -0.1) is 13.2 Å². The van der Waals surface area contributed by atoms with Crippen LogP contribution in [0.1, 0.15) is 12.5 Å². The van der Waals surface area contributed by atoms with Crippen LogP contribution in [0.5, 0.6) is 5.75 Å². The number of rotatable bonds is 5. The van der Waals surface area contributed by atoms with Crippen molar-refractivity contribution in [3.8, 4) is 5.75 Å². The van der Waals surface area contributed by atoms with E-state index in [1.807, 2.05) is 5.43 Å². The summed E-state index contributed by atoms with van der Waals surface area (Å²) >= 11 is 5.64. The Labute approximate surface area is 139 Å². The van der Waals surface area contributed by atoms with Gasteiger partial charge in [-0.25, -0.2) is 10.2 Å². The zero-order valence-electron chi connectivity index (χ0n) is 12.4. The predicted molar refractivity (Wildman–Crippen MR) is 76.8 cm³/mol. The Morgan fingerprint density at radius 2 is 2.00 bits per heavy atom. The van der Waals surface area contributed by atoms with Crippen LogP contribution in [-0.2, 0) is 14.3 Å². The molecule has 0 heterocycles. The number of hydrazone groups is 1. The lowest BCUT2D eigenvalue weighted by Gasteiger charge is -2.13. The summed E-state index contributed by atoms with van der Waals surface area (Å²) in [7, 11) is 1.09. The molecule has 0 aliphatic rings. The van der Waals surface area contributed by atoms with Crippen molar-refractivity contribution in [2.45, 2.75) is 13.3 Å². The average Bonchev–Trinajstić information content (AvgIpc) is 2.47. The third kappa shape index (κ3) is 6.73. The summed E-state index contributed by atoms with van der Waals surface area (Å²) < 4.78 is 49.9. The number of amides is 1. The molecule has 1 aromatic carbocycles. The molecule has 0 bridgehead atoms. The molecule has 24 heavy (non-hydrogen) atoms. The van der Waals surface area contributed by atoms with Gasteiger partial charge in [0.25, 0.3) is 0 Å². The van der Waals surface area contributed by atoms with E-state index in [4.69, 9.17) is 16.3 Å². The van der Waals surface area contributed by atoms with E-state index < -0.39 is 30.8 Å². The maximum Gasteiger partial charge on any atom is 0.573 e. The summed E-state index contributed by atoms with van der Waals surface area (Å²) in [5.74, 6) is -1.32. The van der Waals surface area contributed by atoms with Crippen LogP contribution in [0.25, 0.3) is 0 Å². The molecule has 11 heteroatoms. The van der Waals surface area contributed by atoms with Crippen molar-refractivity contribution in [2.24, 2.45) is 5.10 Å². The molecule has 1 aromatic rings. The van der Waals surface area contributed by atoms with Crippen LogP contribution in [0.2, 0.25) is 5.02 Å². The first-order chi connectivity index (χ1) is 11.1. The second-order valence-electron chi connectivity index (χ2n) is 4.14. The van der Waals surface area contributed by atoms with Crippen LogP contribution in [-0.4, -0.2) is 37.9 Å². The first-order valence-corrected chi connectivity index (χ1v) is 6.59. The van der Waals surface area contributed by atoms with Crippen LogP contribution >= 0.6 is 11.6 Å². The van der Waals surface area contributed by atoms with Gasteiger partial charge in [0, 0.05) is 12.5 Å². The third-order valence-electron chi connectivity index (χ3n) is 2.37. The van der Waals surface area contributed by atoms with Crippen LogP contribution in [0.15, 0.2) is 23.3 Å². The molecule has 0 aliphatic heterocycles. The van der Waals surface area contributed by atoms with Crippen molar-refractivity contribution in [3.05, 3.63) is 28.8 Å². The number of halogens is 4. The van der Waals surface area contributed by atoms with E-state index in [1.54, 1.807) is 0 Å². The fourth-order valence-corrected chi connectivity index (χ4v) is 1.55. The van der Waals surface area contributed by atoms with E-state index in [9.17, 15) is 22.8 Å². The lowest BCUT2D eigenvalue weighted by atomic mass is 10.1. The van der Waals surface area contributed by atoms with Gasteiger partial charge in [0.15, 0.2) is 0 Å². The number of benzene rings is 1. The normalized spacial score (nSPS) is 11.7. The van der Waals surface area contributed by atoms with E-state index in [-0.39, 0.29) is 16.3 Å². The number of alkyl halides is 3. The molecule has 0 aliphatic carbocycles. The number of carbonyl (C=O) groups is 2. The molecule has 132 valence electrons. The monoisotopic (exact) mass is 368 g/mol. The van der Waals surface area contributed by atoms with Crippen LogP contribution < -0.4 is 10.2 Å². The minimum atomic E-state index is -4.94. The van der Waals surface area contributed by atoms with Crippen molar-refractivity contribution in [3.63, 3.8) is 0 Å². The number of nitrogens with one attached hydrogen (secondary N) is 1. The van der Waals surface area contributed by atoms with Gasteiger partial charge >= 0.3 is 18.4 Å². The summed E-state index contributed by atoms with van der Waals surface area (Å²) in [4.78, 5) is 22.0. The summed E-state index contributed by atoms with van der Waals surface area (Å²) in [6.45, 7) is 0.720. The summed E-state index contributed by atoms with van der Waals surface area (Å²) in [6, 6.07) is 3.39. The number of methoxy groups -OCH3 is 1. The van der Waals surface area contributed by atoms with Crippen molar-refractivity contribution >= 4 is 29.4 Å². The molecule has 0 fully saturated rings. The number of ether oxygens (including phenoxy) is 3. The molecule has 0 saturated carbocycles. The SMILES string of the molecule is COC(=O)N/N=C(/COC(C)=O)c1ccc(Cl)c(OC(F)(F)F)c1. The molecule has 1 amide bonds. The summed E-state index contributed by atoms with van der Waals surface area (Å²) in [5, 5.41) is 3.35. The predicted octanol–water partition coefficient (Wildman–Crippen LogP) is 2.86. The lowest BCUT2D eigenvalue weighted by molar-refractivity contribution is -0.274. The van der Waals surface area contributed by atoms with Gasteiger partial charge < -0.3 is 14.2 Å².